The van der Waals surface area contributed by atoms with Crippen LogP contribution in [0.15, 0.2) is 46.3 Å². The molecule has 3 nitrogen and oxygen atoms in total. The molecule has 2 rings (SSSR count). The normalized spacial score (nSPS) is 14.0. The van der Waals surface area contributed by atoms with Gasteiger partial charge < -0.3 is 5.32 Å². The van der Waals surface area contributed by atoms with Crippen molar-refractivity contribution in [1.82, 2.24) is 0 Å². The van der Waals surface area contributed by atoms with E-state index in [1.165, 1.54) is 20.0 Å². The van der Waals surface area contributed by atoms with E-state index in [1.54, 1.807) is 0 Å². The molecule has 158 valence electrons. The van der Waals surface area contributed by atoms with Crippen LogP contribution in [0, 0.1) is 12.7 Å². The monoisotopic (exact) mass is 440 g/mol. The van der Waals surface area contributed by atoms with Crippen LogP contribution in [0.1, 0.15) is 16.7 Å². The lowest BCUT2D eigenvalue weighted by molar-refractivity contribution is -0.137. The van der Waals surface area contributed by atoms with Crippen molar-refractivity contribution < 1.29 is 34.9 Å². The van der Waals surface area contributed by atoms with E-state index < -0.39 is 40.3 Å². The Bertz CT molecular complexity index is 952. The molecule has 0 aliphatic rings. The zero-order valence-corrected chi connectivity index (χ0v) is 15.9. The summed E-state index contributed by atoms with van der Waals surface area (Å²) < 4.78 is 103. The van der Waals surface area contributed by atoms with Gasteiger partial charge in [0.15, 0.2) is 0 Å². The number of benzene rings is 2. The first-order valence-electron chi connectivity index (χ1n) is 7.98. The van der Waals surface area contributed by atoms with Gasteiger partial charge >= 0.3 is 12.4 Å². The van der Waals surface area contributed by atoms with E-state index in [4.69, 9.17) is 0 Å². The summed E-state index contributed by atoms with van der Waals surface area (Å²) in [7, 11) is -1.23. The molecule has 0 radical (unpaired) electrons. The van der Waals surface area contributed by atoms with Gasteiger partial charge in [-0.05, 0) is 36.8 Å². The van der Waals surface area contributed by atoms with Gasteiger partial charge in [-0.3, -0.25) is 9.20 Å². The minimum absolute atomic E-state index is 0.0136. The number of nitrogens with zero attached hydrogens (tertiary/aromatic N) is 1. The van der Waals surface area contributed by atoms with E-state index in [0.717, 1.165) is 30.3 Å². The Kier molecular flexibility index (Phi) is 6.71. The number of anilines is 1. The van der Waals surface area contributed by atoms with Crippen molar-refractivity contribution in [2.75, 3.05) is 18.1 Å². The lowest BCUT2D eigenvalue weighted by Crippen LogP contribution is -2.20. The van der Waals surface area contributed by atoms with Gasteiger partial charge in [0.1, 0.15) is 17.4 Å². The third-order valence-electron chi connectivity index (χ3n) is 3.74. The van der Waals surface area contributed by atoms with Crippen LogP contribution in [0.3, 0.4) is 0 Å². The zero-order chi connectivity index (χ0) is 22.0. The molecule has 1 N–H and O–H groups in total. The fourth-order valence-electron chi connectivity index (χ4n) is 2.45. The molecule has 0 saturated carbocycles. The van der Waals surface area contributed by atoms with Crippen LogP contribution >= 0.6 is 0 Å². The molecule has 0 aliphatic heterocycles. The molecule has 29 heavy (non-hydrogen) atoms. The molecule has 2 aromatic carbocycles. The molecular weight excluding hydrogens is 425 g/mol. The average Bonchev–Trinajstić information content (AvgIpc) is 2.59. The second-order valence-electron chi connectivity index (χ2n) is 5.98. The number of alkyl halides is 6. The minimum Gasteiger partial charge on any atom is -0.338 e. The Morgan fingerprint density at radius 3 is 2.31 bits per heavy atom. The molecule has 0 amide bonds. The first-order valence-corrected chi connectivity index (χ1v) is 9.30. The van der Waals surface area contributed by atoms with E-state index in [0.29, 0.717) is 0 Å². The van der Waals surface area contributed by atoms with Gasteiger partial charge in [-0.1, -0.05) is 12.1 Å². The van der Waals surface area contributed by atoms with Crippen LogP contribution in [-0.2, 0) is 17.0 Å². The second-order valence-corrected chi connectivity index (χ2v) is 7.40. The van der Waals surface area contributed by atoms with Crippen molar-refractivity contribution in [3.8, 4) is 0 Å². The summed E-state index contributed by atoms with van der Waals surface area (Å²) in [6, 6.07) is 5.92. The third-order valence-corrected chi connectivity index (χ3v) is 5.26. The summed E-state index contributed by atoms with van der Waals surface area (Å²) in [4.78, 5) is 3.55. The fourth-order valence-corrected chi connectivity index (χ4v) is 3.57. The van der Waals surface area contributed by atoms with Gasteiger partial charge in [0, 0.05) is 17.5 Å². The Hall–Kier alpha value is -2.43. The lowest BCUT2D eigenvalue weighted by atomic mass is 10.1. The molecule has 0 bridgehead atoms. The number of rotatable bonds is 4. The highest BCUT2D eigenvalue weighted by Crippen LogP contribution is 2.30. The van der Waals surface area contributed by atoms with Crippen LogP contribution < -0.4 is 5.32 Å². The highest BCUT2D eigenvalue weighted by Gasteiger charge is 2.32. The first-order chi connectivity index (χ1) is 13.3. The average molecular weight is 440 g/mol. The number of hydrogen-bond acceptors (Lipinski definition) is 2. The molecule has 0 spiro atoms. The van der Waals surface area contributed by atoms with Gasteiger partial charge in [-0.15, -0.1) is 0 Å². The summed E-state index contributed by atoms with van der Waals surface area (Å²) >= 11 is 0. The van der Waals surface area contributed by atoms with E-state index in [1.807, 2.05) is 0 Å². The van der Waals surface area contributed by atoms with Crippen LogP contribution in [0.2, 0.25) is 0 Å². The van der Waals surface area contributed by atoms with E-state index in [2.05, 4.69) is 10.3 Å². The maximum absolute atomic E-state index is 14.3. The summed E-state index contributed by atoms with van der Waals surface area (Å²) in [6.07, 6.45) is -9.29. The largest absolute Gasteiger partial charge is 0.416 e. The number of nitrogens with one attached hydrogen (secondary N) is 1. The number of aliphatic imine (C=N–C) groups is 1. The Balaban J connectivity index is 2.40. The highest BCUT2D eigenvalue weighted by atomic mass is 32.2. The first kappa shape index (κ1) is 22.9. The SMILES string of the molecule is CN=C(Nc1cc(S(=O)CC(F)(F)F)c(C)cc1F)c1cccc(C(F)(F)F)c1. The summed E-state index contributed by atoms with van der Waals surface area (Å²) in [6.45, 7) is 1.30. The smallest absolute Gasteiger partial charge is 0.338 e. The number of halogens is 7. The van der Waals surface area contributed by atoms with Crippen LogP contribution in [0.5, 0.6) is 0 Å². The Morgan fingerprint density at radius 1 is 1.10 bits per heavy atom. The maximum atomic E-state index is 14.3. The van der Waals surface area contributed by atoms with E-state index in [-0.39, 0.29) is 27.5 Å². The van der Waals surface area contributed by atoms with Gasteiger partial charge in [0.2, 0.25) is 0 Å². The van der Waals surface area contributed by atoms with Crippen LogP contribution in [0.25, 0.3) is 0 Å². The minimum atomic E-state index is -4.69. The maximum Gasteiger partial charge on any atom is 0.416 e. The molecule has 1 atom stereocenters. The highest BCUT2D eigenvalue weighted by molar-refractivity contribution is 7.85. The number of aryl methyl sites for hydroxylation is 1. The van der Waals surface area contributed by atoms with Crippen LogP contribution in [0.4, 0.5) is 36.4 Å². The second kappa shape index (κ2) is 8.52. The van der Waals surface area contributed by atoms with Crippen LogP contribution in [-0.4, -0.2) is 29.0 Å². The van der Waals surface area contributed by atoms with Crippen molar-refractivity contribution in [2.24, 2.45) is 4.99 Å². The molecule has 0 aliphatic carbocycles. The van der Waals surface area contributed by atoms with Gasteiger partial charge in [0.05, 0.1) is 22.1 Å². The molecule has 0 saturated heterocycles. The Morgan fingerprint density at radius 2 is 1.76 bits per heavy atom. The van der Waals surface area contributed by atoms with Gasteiger partial charge in [-0.25, -0.2) is 4.39 Å². The van der Waals surface area contributed by atoms with Crippen molar-refractivity contribution in [2.45, 2.75) is 24.2 Å². The molecule has 0 heterocycles. The summed E-state index contributed by atoms with van der Waals surface area (Å²) in [5.74, 6) is -2.64. The predicted octanol–water partition coefficient (Wildman–Crippen LogP) is 5.31. The fraction of sp³-hybridized carbons (Fsp3) is 0.278. The van der Waals surface area contributed by atoms with Crippen molar-refractivity contribution in [1.29, 1.82) is 0 Å². The molecule has 1 unspecified atom stereocenters. The number of amidine groups is 1. The van der Waals surface area contributed by atoms with E-state index >= 15 is 0 Å². The molecular formula is C18H15F7N2OS. The molecule has 0 fully saturated rings. The predicted molar refractivity (Wildman–Crippen MR) is 96.0 cm³/mol. The van der Waals surface area contributed by atoms with Gasteiger partial charge in [0.25, 0.3) is 0 Å². The quantitative estimate of drug-likeness (QED) is 0.398. The Labute approximate surface area is 164 Å². The number of hydrogen-bond donors (Lipinski definition) is 1. The summed E-state index contributed by atoms with van der Waals surface area (Å²) in [5.41, 5.74) is -1.28. The van der Waals surface area contributed by atoms with Crippen molar-refractivity contribution >= 4 is 22.3 Å². The molecule has 2 aromatic rings. The van der Waals surface area contributed by atoms with Gasteiger partial charge in [-0.2, -0.15) is 26.3 Å². The third kappa shape index (κ3) is 6.02. The van der Waals surface area contributed by atoms with E-state index in [9.17, 15) is 34.9 Å². The summed E-state index contributed by atoms with van der Waals surface area (Å²) in [5, 5.41) is 2.47. The van der Waals surface area contributed by atoms with Crippen molar-refractivity contribution in [3.63, 3.8) is 0 Å². The van der Waals surface area contributed by atoms with Crippen molar-refractivity contribution in [3.05, 3.63) is 58.9 Å². The topological polar surface area (TPSA) is 41.5 Å². The lowest BCUT2D eigenvalue weighted by Gasteiger charge is -2.15. The molecule has 11 heteroatoms. The zero-order valence-electron chi connectivity index (χ0n) is 15.1. The molecule has 0 aromatic heterocycles. The standard InChI is InChI=1S/C18H15F7N2OS/c1-10-6-13(19)14(8-15(10)29(28)9-17(20,21)22)27-16(26-2)11-4-3-5-12(7-11)18(23,24)25/h3-8H,9H2,1-2H3,(H,26,27).